The molecule has 0 bridgehead atoms. The quantitative estimate of drug-likeness (QED) is 0.879. The second kappa shape index (κ2) is 5.08. The number of benzene rings is 1. The summed E-state index contributed by atoms with van der Waals surface area (Å²) < 4.78 is 19.1. The molecule has 0 amide bonds. The van der Waals surface area contributed by atoms with Crippen LogP contribution in [0.2, 0.25) is 5.02 Å². The van der Waals surface area contributed by atoms with E-state index in [0.29, 0.717) is 11.3 Å². The van der Waals surface area contributed by atoms with Gasteiger partial charge in [-0.25, -0.2) is 4.39 Å². The molecule has 3 N–H and O–H groups in total. The minimum Gasteiger partial charge on any atom is -0.492 e. The number of hydrogen-bond acceptors (Lipinski definition) is 3. The standard InChI is InChI=1S/C12H10Cl2FN2O/c1-18-12-7(13)3-2-6(11(12)15)10-4-9(16)8(14)5-17-10/h2-4,10,17H,16H2,1H3. The third kappa shape index (κ3) is 2.26. The van der Waals surface area contributed by atoms with Crippen LogP contribution in [0.3, 0.4) is 0 Å². The number of nitrogens with two attached hydrogens (primary N) is 1. The van der Waals surface area contributed by atoms with Gasteiger partial charge in [0.25, 0.3) is 0 Å². The first-order valence-corrected chi connectivity index (χ1v) is 5.83. The molecule has 0 saturated carbocycles. The van der Waals surface area contributed by atoms with Crippen LogP contribution >= 0.6 is 23.2 Å². The highest BCUT2D eigenvalue weighted by atomic mass is 35.5. The highest BCUT2D eigenvalue weighted by Crippen LogP contribution is 2.34. The van der Waals surface area contributed by atoms with E-state index in [9.17, 15) is 4.39 Å². The Morgan fingerprint density at radius 2 is 2.17 bits per heavy atom. The molecule has 1 aliphatic heterocycles. The zero-order chi connectivity index (χ0) is 13.3. The van der Waals surface area contributed by atoms with Crippen molar-refractivity contribution in [3.63, 3.8) is 0 Å². The molecule has 6 heteroatoms. The Kier molecular flexibility index (Phi) is 3.68. The van der Waals surface area contributed by atoms with Crippen LogP contribution in [-0.2, 0) is 0 Å². The van der Waals surface area contributed by atoms with Gasteiger partial charge in [0.1, 0.15) is 0 Å². The number of hydrogen-bond donors (Lipinski definition) is 2. The van der Waals surface area contributed by atoms with Gasteiger partial charge in [-0.05, 0) is 12.1 Å². The smallest absolute Gasteiger partial charge is 0.173 e. The predicted molar refractivity (Wildman–Crippen MR) is 68.7 cm³/mol. The number of methoxy groups -OCH3 is 1. The lowest BCUT2D eigenvalue weighted by molar-refractivity contribution is 0.383. The highest BCUT2D eigenvalue weighted by Gasteiger charge is 2.21. The topological polar surface area (TPSA) is 47.3 Å². The highest BCUT2D eigenvalue weighted by molar-refractivity contribution is 6.32. The Morgan fingerprint density at radius 1 is 1.44 bits per heavy atom. The van der Waals surface area contributed by atoms with E-state index in [1.165, 1.54) is 7.11 Å². The molecule has 95 valence electrons. The summed E-state index contributed by atoms with van der Waals surface area (Å²) in [7, 11) is 1.36. The normalized spacial score (nSPS) is 18.8. The summed E-state index contributed by atoms with van der Waals surface area (Å²) in [6, 6.07) is 2.66. The molecule has 1 unspecified atom stereocenters. The minimum absolute atomic E-state index is 0.00332. The van der Waals surface area contributed by atoms with Crippen molar-refractivity contribution in [1.82, 2.24) is 5.32 Å². The molecule has 0 saturated heterocycles. The number of ether oxygens (including phenoxy) is 1. The summed E-state index contributed by atoms with van der Waals surface area (Å²) in [5.74, 6) is -0.532. The van der Waals surface area contributed by atoms with Gasteiger partial charge < -0.3 is 15.8 Å². The molecule has 2 rings (SSSR count). The van der Waals surface area contributed by atoms with Gasteiger partial charge >= 0.3 is 0 Å². The van der Waals surface area contributed by atoms with Crippen molar-refractivity contribution in [2.75, 3.05) is 7.11 Å². The van der Waals surface area contributed by atoms with Crippen molar-refractivity contribution in [3.8, 4) is 5.75 Å². The summed E-state index contributed by atoms with van der Waals surface area (Å²) in [4.78, 5) is 0. The molecule has 0 aromatic heterocycles. The van der Waals surface area contributed by atoms with Crippen LogP contribution in [0.5, 0.6) is 5.75 Å². The van der Waals surface area contributed by atoms with Gasteiger partial charge in [0.2, 0.25) is 0 Å². The lowest BCUT2D eigenvalue weighted by Gasteiger charge is -2.20. The van der Waals surface area contributed by atoms with Crippen LogP contribution in [0.1, 0.15) is 11.6 Å². The average molecular weight is 288 g/mol. The van der Waals surface area contributed by atoms with Gasteiger partial charge in [0, 0.05) is 5.56 Å². The van der Waals surface area contributed by atoms with Gasteiger partial charge in [0.05, 0.1) is 35.1 Å². The lowest BCUT2D eigenvalue weighted by atomic mass is 10.0. The van der Waals surface area contributed by atoms with Gasteiger partial charge in [-0.1, -0.05) is 29.3 Å². The van der Waals surface area contributed by atoms with Crippen LogP contribution < -0.4 is 15.8 Å². The number of allylic oxidation sites excluding steroid dienone is 1. The summed E-state index contributed by atoms with van der Waals surface area (Å²) in [5, 5.41) is 3.30. The lowest BCUT2D eigenvalue weighted by Crippen LogP contribution is -2.22. The molecular weight excluding hydrogens is 278 g/mol. The van der Waals surface area contributed by atoms with Crippen molar-refractivity contribution in [2.45, 2.75) is 6.04 Å². The van der Waals surface area contributed by atoms with E-state index >= 15 is 0 Å². The molecule has 18 heavy (non-hydrogen) atoms. The zero-order valence-corrected chi connectivity index (χ0v) is 10.9. The molecule has 0 aliphatic carbocycles. The fraction of sp³-hybridized carbons (Fsp3) is 0.167. The molecule has 1 aromatic rings. The molecule has 0 spiro atoms. The SMILES string of the molecule is COc1c(Cl)ccc(C2C=C(N)C(Cl)=[C]N2)c1F. The van der Waals surface area contributed by atoms with Crippen molar-refractivity contribution in [2.24, 2.45) is 5.73 Å². The van der Waals surface area contributed by atoms with E-state index in [2.05, 4.69) is 11.5 Å². The zero-order valence-electron chi connectivity index (χ0n) is 9.43. The van der Waals surface area contributed by atoms with Crippen molar-refractivity contribution < 1.29 is 9.13 Å². The van der Waals surface area contributed by atoms with Gasteiger partial charge in [0.15, 0.2) is 11.6 Å². The van der Waals surface area contributed by atoms with Crippen LogP contribution in [0.25, 0.3) is 0 Å². The molecule has 1 atom stereocenters. The van der Waals surface area contributed by atoms with E-state index in [-0.39, 0.29) is 15.8 Å². The minimum atomic E-state index is -0.536. The van der Waals surface area contributed by atoms with Gasteiger partial charge in [-0.3, -0.25) is 0 Å². The van der Waals surface area contributed by atoms with Gasteiger partial charge in [-0.2, -0.15) is 0 Å². The Labute approximate surface area is 114 Å². The third-order valence-electron chi connectivity index (χ3n) is 2.56. The van der Waals surface area contributed by atoms with E-state index < -0.39 is 11.9 Å². The van der Waals surface area contributed by atoms with E-state index in [4.69, 9.17) is 33.7 Å². The molecule has 0 fully saturated rings. The number of nitrogens with one attached hydrogen (secondary N) is 1. The maximum absolute atomic E-state index is 14.2. The molecule has 1 aliphatic rings. The summed E-state index contributed by atoms with van der Waals surface area (Å²) in [6.07, 6.45) is 4.26. The van der Waals surface area contributed by atoms with E-state index in [1.807, 2.05) is 0 Å². The second-order valence-corrected chi connectivity index (χ2v) is 4.45. The fourth-order valence-electron chi connectivity index (χ4n) is 1.65. The summed E-state index contributed by atoms with van der Waals surface area (Å²) in [5.41, 5.74) is 6.37. The molecule has 3 nitrogen and oxygen atoms in total. The van der Waals surface area contributed by atoms with Crippen molar-refractivity contribution in [1.29, 1.82) is 0 Å². The summed E-state index contributed by atoms with van der Waals surface area (Å²) in [6.45, 7) is 0. The van der Waals surface area contributed by atoms with Crippen LogP contribution in [0.15, 0.2) is 28.9 Å². The summed E-state index contributed by atoms with van der Waals surface area (Å²) >= 11 is 11.6. The predicted octanol–water partition coefficient (Wildman–Crippen LogP) is 2.86. The van der Waals surface area contributed by atoms with Crippen molar-refractivity contribution >= 4 is 23.2 Å². The maximum atomic E-state index is 14.2. The molecule has 1 aromatic carbocycles. The first kappa shape index (κ1) is 13.1. The Bertz CT molecular complexity index is 543. The Balaban J connectivity index is 2.42. The first-order chi connectivity index (χ1) is 8.54. The van der Waals surface area contributed by atoms with E-state index in [0.717, 1.165) is 0 Å². The van der Waals surface area contributed by atoms with Crippen molar-refractivity contribution in [3.05, 3.63) is 51.5 Å². The molecule has 1 heterocycles. The van der Waals surface area contributed by atoms with Crippen LogP contribution in [0, 0.1) is 12.0 Å². The van der Waals surface area contributed by atoms with Crippen LogP contribution in [0.4, 0.5) is 4.39 Å². The van der Waals surface area contributed by atoms with Gasteiger partial charge in [-0.15, -0.1) is 0 Å². The first-order valence-electron chi connectivity index (χ1n) is 5.08. The average Bonchev–Trinajstić information content (AvgIpc) is 2.34. The maximum Gasteiger partial charge on any atom is 0.173 e. The third-order valence-corrected chi connectivity index (χ3v) is 3.17. The fourth-order valence-corrected chi connectivity index (χ4v) is 1.99. The number of dihydropyridines is 1. The monoisotopic (exact) mass is 287 g/mol. The molecular formula is C12H10Cl2FN2O. The largest absolute Gasteiger partial charge is 0.492 e. The molecule has 1 radical (unpaired) electrons. The number of rotatable bonds is 2. The van der Waals surface area contributed by atoms with Crippen LogP contribution in [-0.4, -0.2) is 7.11 Å². The Hall–Kier alpha value is -1.39. The number of halogens is 3. The van der Waals surface area contributed by atoms with E-state index in [1.54, 1.807) is 18.2 Å². The Morgan fingerprint density at radius 3 is 2.78 bits per heavy atom. The second-order valence-electron chi connectivity index (χ2n) is 3.67.